The van der Waals surface area contributed by atoms with Gasteiger partial charge in [-0.25, -0.2) is 9.97 Å². The molecule has 4 nitrogen and oxygen atoms in total. The van der Waals surface area contributed by atoms with Crippen LogP contribution in [-0.2, 0) is 17.2 Å². The smallest absolute Gasteiger partial charge is 0.160 e. The maximum atomic E-state index is 5.96. The second kappa shape index (κ2) is 5.67. The van der Waals surface area contributed by atoms with Gasteiger partial charge in [-0.1, -0.05) is 6.92 Å². The Kier molecular flexibility index (Phi) is 4.19. The van der Waals surface area contributed by atoms with Crippen molar-refractivity contribution in [3.63, 3.8) is 0 Å². The Balaban J connectivity index is 2.40. The lowest BCUT2D eigenvalue weighted by molar-refractivity contribution is 0.151. The van der Waals surface area contributed by atoms with Crippen LogP contribution in [0.1, 0.15) is 18.3 Å². The number of methoxy groups -OCH3 is 1. The van der Waals surface area contributed by atoms with E-state index in [1.54, 1.807) is 7.11 Å². The van der Waals surface area contributed by atoms with Crippen molar-refractivity contribution in [2.45, 2.75) is 26.3 Å². The summed E-state index contributed by atoms with van der Waals surface area (Å²) in [6.45, 7) is 5.69. The number of hydrogen-bond acceptors (Lipinski definition) is 3. The molecular weight excluding hydrogens is 250 g/mol. The minimum Gasteiger partial charge on any atom is -0.384 e. The molecule has 0 saturated carbocycles. The Morgan fingerprint density at radius 2 is 2.28 bits per heavy atom. The summed E-state index contributed by atoms with van der Waals surface area (Å²) < 4.78 is 7.26. The number of halogens is 1. The third kappa shape index (κ3) is 2.65. The summed E-state index contributed by atoms with van der Waals surface area (Å²) in [7, 11) is 1.71. The van der Waals surface area contributed by atoms with Crippen LogP contribution >= 0.6 is 11.6 Å². The van der Waals surface area contributed by atoms with Crippen molar-refractivity contribution in [2.24, 2.45) is 5.92 Å². The first kappa shape index (κ1) is 13.3. The molecule has 5 heteroatoms. The van der Waals surface area contributed by atoms with Crippen molar-refractivity contribution < 1.29 is 4.74 Å². The van der Waals surface area contributed by atoms with Gasteiger partial charge < -0.3 is 9.30 Å². The van der Waals surface area contributed by atoms with Crippen LogP contribution in [0.25, 0.3) is 11.2 Å². The number of hydrogen-bond donors (Lipinski definition) is 0. The number of pyridine rings is 1. The zero-order valence-corrected chi connectivity index (χ0v) is 11.7. The molecule has 18 heavy (non-hydrogen) atoms. The SMILES string of the molecule is COCC(C)Cn1c(CCl)nc2cc(C)cnc21. The van der Waals surface area contributed by atoms with Gasteiger partial charge in [0.2, 0.25) is 0 Å². The average molecular weight is 268 g/mol. The lowest BCUT2D eigenvalue weighted by Gasteiger charge is -2.13. The Morgan fingerprint density at radius 1 is 1.50 bits per heavy atom. The highest BCUT2D eigenvalue weighted by molar-refractivity contribution is 6.16. The number of ether oxygens (including phenoxy) is 1. The van der Waals surface area contributed by atoms with Crippen LogP contribution in [-0.4, -0.2) is 28.3 Å². The van der Waals surface area contributed by atoms with E-state index >= 15 is 0 Å². The first-order valence-corrected chi connectivity index (χ1v) is 6.55. The van der Waals surface area contributed by atoms with Gasteiger partial charge in [0.15, 0.2) is 5.65 Å². The summed E-state index contributed by atoms with van der Waals surface area (Å²) in [6.07, 6.45) is 1.86. The number of nitrogens with zero attached hydrogens (tertiary/aromatic N) is 3. The minimum absolute atomic E-state index is 0.398. The molecule has 0 saturated heterocycles. The van der Waals surface area contributed by atoms with Crippen molar-refractivity contribution in [1.29, 1.82) is 0 Å². The maximum absolute atomic E-state index is 5.96. The molecule has 0 aliphatic rings. The van der Waals surface area contributed by atoms with E-state index in [4.69, 9.17) is 16.3 Å². The molecule has 0 fully saturated rings. The van der Waals surface area contributed by atoms with Gasteiger partial charge in [0.25, 0.3) is 0 Å². The topological polar surface area (TPSA) is 39.9 Å². The van der Waals surface area contributed by atoms with Crippen LogP contribution in [0.2, 0.25) is 0 Å². The number of aromatic nitrogens is 3. The molecule has 0 spiro atoms. The van der Waals surface area contributed by atoms with E-state index in [1.165, 1.54) is 0 Å². The number of aryl methyl sites for hydroxylation is 1. The first-order valence-electron chi connectivity index (χ1n) is 6.02. The van der Waals surface area contributed by atoms with Crippen LogP contribution in [0.4, 0.5) is 0 Å². The fourth-order valence-corrected chi connectivity index (χ4v) is 2.31. The highest BCUT2D eigenvalue weighted by Gasteiger charge is 2.13. The van der Waals surface area contributed by atoms with Gasteiger partial charge in [-0.3, -0.25) is 0 Å². The standard InChI is InChI=1S/C13H18ClN3O/c1-9-4-11-13(15-6-9)17(12(5-14)16-11)7-10(2)8-18-3/h4,6,10H,5,7-8H2,1-3H3. The van der Waals surface area contributed by atoms with Crippen molar-refractivity contribution in [1.82, 2.24) is 14.5 Å². The molecule has 1 unspecified atom stereocenters. The Labute approximate surface area is 112 Å². The lowest BCUT2D eigenvalue weighted by Crippen LogP contribution is -2.14. The summed E-state index contributed by atoms with van der Waals surface area (Å²) in [6, 6.07) is 2.04. The van der Waals surface area contributed by atoms with Gasteiger partial charge >= 0.3 is 0 Å². The molecule has 0 amide bonds. The maximum Gasteiger partial charge on any atom is 0.160 e. The van der Waals surface area contributed by atoms with E-state index < -0.39 is 0 Å². The predicted molar refractivity (Wildman–Crippen MR) is 72.9 cm³/mol. The van der Waals surface area contributed by atoms with Crippen molar-refractivity contribution in [2.75, 3.05) is 13.7 Å². The fourth-order valence-electron chi connectivity index (χ4n) is 2.10. The lowest BCUT2D eigenvalue weighted by atomic mass is 10.2. The monoisotopic (exact) mass is 267 g/mol. The Morgan fingerprint density at radius 3 is 2.94 bits per heavy atom. The van der Waals surface area contributed by atoms with Crippen molar-refractivity contribution in [3.05, 3.63) is 23.7 Å². The van der Waals surface area contributed by atoms with E-state index in [0.29, 0.717) is 18.4 Å². The minimum atomic E-state index is 0.398. The van der Waals surface area contributed by atoms with Crippen LogP contribution in [0.15, 0.2) is 12.3 Å². The second-order valence-electron chi connectivity index (χ2n) is 4.69. The van der Waals surface area contributed by atoms with Gasteiger partial charge in [0.1, 0.15) is 11.3 Å². The van der Waals surface area contributed by atoms with Crippen molar-refractivity contribution >= 4 is 22.8 Å². The molecule has 1 atom stereocenters. The fraction of sp³-hybridized carbons (Fsp3) is 0.538. The summed E-state index contributed by atoms with van der Waals surface area (Å²) in [5, 5.41) is 0. The summed E-state index contributed by atoms with van der Waals surface area (Å²) in [5.41, 5.74) is 2.92. The molecular formula is C13H18ClN3O. The van der Waals surface area contributed by atoms with E-state index in [-0.39, 0.29) is 0 Å². The van der Waals surface area contributed by atoms with Crippen LogP contribution in [0.5, 0.6) is 0 Å². The summed E-state index contributed by atoms with van der Waals surface area (Å²) >= 11 is 5.96. The molecule has 0 radical (unpaired) electrons. The van der Waals surface area contributed by atoms with E-state index in [2.05, 4.69) is 21.5 Å². The van der Waals surface area contributed by atoms with Crippen LogP contribution in [0.3, 0.4) is 0 Å². The van der Waals surface area contributed by atoms with Crippen LogP contribution < -0.4 is 0 Å². The van der Waals surface area contributed by atoms with Gasteiger partial charge in [-0.05, 0) is 24.5 Å². The molecule has 0 aromatic carbocycles. The van der Waals surface area contributed by atoms with E-state index in [9.17, 15) is 0 Å². The van der Waals surface area contributed by atoms with Crippen molar-refractivity contribution in [3.8, 4) is 0 Å². The normalized spacial score (nSPS) is 13.1. The molecule has 0 bridgehead atoms. The molecule has 2 aromatic rings. The molecule has 0 aliphatic heterocycles. The van der Waals surface area contributed by atoms with E-state index in [0.717, 1.165) is 29.1 Å². The highest BCUT2D eigenvalue weighted by atomic mass is 35.5. The van der Waals surface area contributed by atoms with Gasteiger partial charge in [0, 0.05) is 19.9 Å². The predicted octanol–water partition coefficient (Wildman–Crippen LogP) is 2.76. The Bertz CT molecular complexity index is 538. The Hall–Kier alpha value is -1.13. The molecule has 2 rings (SSSR count). The van der Waals surface area contributed by atoms with Gasteiger partial charge in [-0.2, -0.15) is 0 Å². The zero-order chi connectivity index (χ0) is 13.1. The van der Waals surface area contributed by atoms with Gasteiger partial charge in [0.05, 0.1) is 12.5 Å². The second-order valence-corrected chi connectivity index (χ2v) is 4.96. The quantitative estimate of drug-likeness (QED) is 0.782. The molecule has 0 N–H and O–H groups in total. The number of imidazole rings is 1. The number of alkyl halides is 1. The van der Waals surface area contributed by atoms with E-state index in [1.807, 2.05) is 19.2 Å². The molecule has 2 aromatic heterocycles. The summed E-state index contributed by atoms with van der Waals surface area (Å²) in [4.78, 5) is 9.00. The molecule has 0 aliphatic carbocycles. The number of rotatable bonds is 5. The van der Waals surface area contributed by atoms with Gasteiger partial charge in [-0.15, -0.1) is 11.6 Å². The average Bonchev–Trinajstić information content (AvgIpc) is 2.66. The van der Waals surface area contributed by atoms with Crippen LogP contribution in [0, 0.1) is 12.8 Å². The largest absolute Gasteiger partial charge is 0.384 e. The first-order chi connectivity index (χ1) is 8.65. The third-order valence-electron chi connectivity index (χ3n) is 2.87. The third-order valence-corrected chi connectivity index (χ3v) is 3.10. The molecule has 2 heterocycles. The highest BCUT2D eigenvalue weighted by Crippen LogP contribution is 2.18. The zero-order valence-electron chi connectivity index (χ0n) is 11.0. The molecule has 98 valence electrons. The summed E-state index contributed by atoms with van der Waals surface area (Å²) in [5.74, 6) is 1.67. The number of fused-ring (bicyclic) bond motifs is 1.